The first-order chi connectivity index (χ1) is 10.7. The van der Waals surface area contributed by atoms with Crippen LogP contribution in [0.5, 0.6) is 0 Å². The minimum atomic E-state index is -0.111. The first-order valence-corrected chi connectivity index (χ1v) is 8.22. The van der Waals surface area contributed by atoms with Gasteiger partial charge in [0.2, 0.25) is 0 Å². The van der Waals surface area contributed by atoms with E-state index in [1.807, 2.05) is 6.92 Å². The van der Waals surface area contributed by atoms with Crippen molar-refractivity contribution in [2.75, 3.05) is 6.61 Å². The van der Waals surface area contributed by atoms with Crippen molar-refractivity contribution in [3.63, 3.8) is 0 Å². The summed E-state index contributed by atoms with van der Waals surface area (Å²) >= 11 is 1.34. The fraction of sp³-hybridized carbons (Fsp3) is 0.467. The van der Waals surface area contributed by atoms with Crippen molar-refractivity contribution in [3.8, 4) is 0 Å². The number of thiazole rings is 1. The summed E-state index contributed by atoms with van der Waals surface area (Å²) in [6.45, 7) is 3.01. The molecule has 1 aliphatic rings. The number of carbonyl (C=O) groups is 1. The monoisotopic (exact) mass is 318 g/mol. The number of nitrogens with zero attached hydrogens (tertiary/aromatic N) is 3. The van der Waals surface area contributed by atoms with Gasteiger partial charge in [0, 0.05) is 31.1 Å². The quantitative estimate of drug-likeness (QED) is 0.937. The van der Waals surface area contributed by atoms with Crippen LogP contribution in [-0.4, -0.2) is 27.5 Å². The molecule has 1 fully saturated rings. The van der Waals surface area contributed by atoms with E-state index < -0.39 is 0 Å². The Labute approximate surface area is 133 Å². The van der Waals surface area contributed by atoms with Crippen LogP contribution in [0.1, 0.15) is 52.1 Å². The topological polar surface area (TPSA) is 77.0 Å². The Kier molecular flexibility index (Phi) is 4.74. The van der Waals surface area contributed by atoms with Gasteiger partial charge in [-0.3, -0.25) is 4.79 Å². The molecule has 0 unspecified atom stereocenters. The summed E-state index contributed by atoms with van der Waals surface area (Å²) in [5, 5.41) is 2.86. The van der Waals surface area contributed by atoms with Crippen molar-refractivity contribution < 1.29 is 9.53 Å². The van der Waals surface area contributed by atoms with E-state index in [0.717, 1.165) is 43.0 Å². The predicted molar refractivity (Wildman–Crippen MR) is 82.6 cm³/mol. The largest absolute Gasteiger partial charge is 0.370 e. The van der Waals surface area contributed by atoms with Crippen LogP contribution in [0.3, 0.4) is 0 Å². The number of nitrogens with one attached hydrogen (secondary N) is 1. The van der Waals surface area contributed by atoms with E-state index in [2.05, 4.69) is 20.3 Å². The van der Waals surface area contributed by atoms with Gasteiger partial charge in [-0.2, -0.15) is 0 Å². The first-order valence-electron chi connectivity index (χ1n) is 7.35. The summed E-state index contributed by atoms with van der Waals surface area (Å²) in [5.74, 6) is 0.618. The van der Waals surface area contributed by atoms with E-state index in [1.165, 1.54) is 11.3 Å². The molecule has 1 atom stereocenters. The molecule has 1 aliphatic heterocycles. The SMILES string of the molecule is Cc1ncsc1C(=O)NCc1cnc([C@@H]2CCCCO2)nc1. The van der Waals surface area contributed by atoms with Crippen LogP contribution in [-0.2, 0) is 11.3 Å². The van der Waals surface area contributed by atoms with Gasteiger partial charge in [0.15, 0.2) is 5.82 Å². The molecular weight excluding hydrogens is 300 g/mol. The predicted octanol–water partition coefficient (Wildman–Crippen LogP) is 2.41. The first kappa shape index (κ1) is 15.1. The Morgan fingerprint density at radius 2 is 2.18 bits per heavy atom. The van der Waals surface area contributed by atoms with E-state index in [0.29, 0.717) is 11.4 Å². The average Bonchev–Trinajstić information content (AvgIpc) is 3.00. The molecule has 0 saturated carbocycles. The van der Waals surface area contributed by atoms with E-state index in [4.69, 9.17) is 4.74 Å². The number of carbonyl (C=O) groups excluding carboxylic acids is 1. The molecule has 7 heteroatoms. The molecule has 116 valence electrons. The third kappa shape index (κ3) is 3.48. The van der Waals surface area contributed by atoms with Crippen LogP contribution >= 0.6 is 11.3 Å². The second-order valence-electron chi connectivity index (χ2n) is 5.25. The van der Waals surface area contributed by atoms with Crippen LogP contribution in [0.15, 0.2) is 17.9 Å². The summed E-state index contributed by atoms with van der Waals surface area (Å²) in [6, 6.07) is 0. The van der Waals surface area contributed by atoms with E-state index >= 15 is 0 Å². The smallest absolute Gasteiger partial charge is 0.263 e. The number of amides is 1. The molecular formula is C15H18N4O2S. The molecule has 0 aromatic carbocycles. The molecule has 1 N–H and O–H groups in total. The Morgan fingerprint density at radius 1 is 1.36 bits per heavy atom. The Hall–Kier alpha value is -1.86. The third-order valence-corrected chi connectivity index (χ3v) is 4.53. The lowest BCUT2D eigenvalue weighted by Gasteiger charge is -2.21. The highest BCUT2D eigenvalue weighted by Crippen LogP contribution is 2.24. The van der Waals surface area contributed by atoms with E-state index in [-0.39, 0.29) is 12.0 Å². The lowest BCUT2D eigenvalue weighted by Crippen LogP contribution is -2.23. The van der Waals surface area contributed by atoms with Crippen LogP contribution in [0.2, 0.25) is 0 Å². The highest BCUT2D eigenvalue weighted by molar-refractivity contribution is 7.11. The van der Waals surface area contributed by atoms with Gasteiger partial charge in [0.25, 0.3) is 5.91 Å². The van der Waals surface area contributed by atoms with Gasteiger partial charge in [-0.25, -0.2) is 15.0 Å². The second kappa shape index (κ2) is 6.93. The Morgan fingerprint density at radius 3 is 2.82 bits per heavy atom. The standard InChI is InChI=1S/C15H18N4O2S/c1-10-13(22-9-19-10)15(20)18-8-11-6-16-14(17-7-11)12-4-2-3-5-21-12/h6-7,9,12H,2-5,8H2,1H3,(H,18,20)/t12-/m0/s1. The molecule has 0 spiro atoms. The van der Waals surface area contributed by atoms with Crippen LogP contribution in [0.4, 0.5) is 0 Å². The van der Waals surface area contributed by atoms with Gasteiger partial charge in [-0.15, -0.1) is 11.3 Å². The molecule has 0 radical (unpaired) electrons. The Bertz CT molecular complexity index is 635. The third-order valence-electron chi connectivity index (χ3n) is 3.60. The molecule has 22 heavy (non-hydrogen) atoms. The van der Waals surface area contributed by atoms with Gasteiger partial charge in [-0.1, -0.05) is 0 Å². The summed E-state index contributed by atoms with van der Waals surface area (Å²) in [4.78, 5) is 25.5. The minimum Gasteiger partial charge on any atom is -0.370 e. The number of aromatic nitrogens is 3. The summed E-state index contributed by atoms with van der Waals surface area (Å²) in [7, 11) is 0. The Balaban J connectivity index is 1.57. The lowest BCUT2D eigenvalue weighted by molar-refractivity contribution is 0.00940. The van der Waals surface area contributed by atoms with Crippen molar-refractivity contribution in [2.24, 2.45) is 0 Å². The van der Waals surface area contributed by atoms with Crippen LogP contribution in [0.25, 0.3) is 0 Å². The molecule has 3 heterocycles. The summed E-state index contributed by atoms with van der Waals surface area (Å²) in [6.07, 6.45) is 6.75. The highest BCUT2D eigenvalue weighted by atomic mass is 32.1. The summed E-state index contributed by atoms with van der Waals surface area (Å²) < 4.78 is 5.66. The van der Waals surface area contributed by atoms with Gasteiger partial charge in [0.1, 0.15) is 11.0 Å². The maximum Gasteiger partial charge on any atom is 0.263 e. The molecule has 3 rings (SSSR count). The van der Waals surface area contributed by atoms with Crippen molar-refractivity contribution in [1.29, 1.82) is 0 Å². The molecule has 0 bridgehead atoms. The van der Waals surface area contributed by atoms with Crippen molar-refractivity contribution in [2.45, 2.75) is 38.8 Å². The number of ether oxygens (including phenoxy) is 1. The van der Waals surface area contributed by atoms with E-state index in [1.54, 1.807) is 17.9 Å². The molecule has 0 aliphatic carbocycles. The normalized spacial score (nSPS) is 18.1. The van der Waals surface area contributed by atoms with Gasteiger partial charge in [-0.05, 0) is 26.2 Å². The van der Waals surface area contributed by atoms with E-state index in [9.17, 15) is 4.79 Å². The average molecular weight is 318 g/mol. The van der Waals surface area contributed by atoms with Gasteiger partial charge in [0.05, 0.1) is 11.2 Å². The molecule has 2 aromatic heterocycles. The fourth-order valence-electron chi connectivity index (χ4n) is 2.35. The van der Waals surface area contributed by atoms with Crippen molar-refractivity contribution in [1.82, 2.24) is 20.3 Å². The molecule has 1 amide bonds. The zero-order valence-electron chi connectivity index (χ0n) is 12.4. The molecule has 2 aromatic rings. The maximum atomic E-state index is 12.0. The number of hydrogen-bond donors (Lipinski definition) is 1. The van der Waals surface area contributed by atoms with Crippen molar-refractivity contribution >= 4 is 17.2 Å². The molecule has 6 nitrogen and oxygen atoms in total. The highest BCUT2D eigenvalue weighted by Gasteiger charge is 2.18. The molecule has 1 saturated heterocycles. The fourth-order valence-corrected chi connectivity index (χ4v) is 3.07. The summed E-state index contributed by atoms with van der Waals surface area (Å²) in [5.41, 5.74) is 3.30. The lowest BCUT2D eigenvalue weighted by atomic mass is 10.1. The maximum absolute atomic E-state index is 12.0. The zero-order chi connectivity index (χ0) is 15.4. The van der Waals surface area contributed by atoms with Crippen LogP contribution < -0.4 is 5.32 Å². The second-order valence-corrected chi connectivity index (χ2v) is 6.11. The van der Waals surface area contributed by atoms with Gasteiger partial charge < -0.3 is 10.1 Å². The van der Waals surface area contributed by atoms with Gasteiger partial charge >= 0.3 is 0 Å². The number of aryl methyl sites for hydroxylation is 1. The minimum absolute atomic E-state index is 0.0113. The number of hydrogen-bond acceptors (Lipinski definition) is 6. The van der Waals surface area contributed by atoms with Crippen molar-refractivity contribution in [3.05, 3.63) is 39.9 Å². The number of rotatable bonds is 4. The van der Waals surface area contributed by atoms with Crippen LogP contribution in [0, 0.1) is 6.92 Å². The zero-order valence-corrected chi connectivity index (χ0v) is 13.2.